The van der Waals surface area contributed by atoms with E-state index in [1.54, 1.807) is 11.0 Å². The van der Waals surface area contributed by atoms with E-state index in [4.69, 9.17) is 14.6 Å². The Labute approximate surface area is 133 Å². The van der Waals surface area contributed by atoms with E-state index in [1.807, 2.05) is 0 Å². The molecule has 7 heteroatoms. The molecule has 1 amide bonds. The standard InChI is InChI=1S/C16H20FNO5/c1-22-14-4-2-11(8-13(14)17)3-5-15(19)18-6-7-23-10-12(18)9-16(20)21/h2,4,8,12H,3,5-7,9-10H2,1H3,(H,20,21). The molecule has 2 rings (SSSR count). The third-order valence-electron chi connectivity index (χ3n) is 3.80. The van der Waals surface area contributed by atoms with Crippen LogP contribution in [0.2, 0.25) is 0 Å². The van der Waals surface area contributed by atoms with Gasteiger partial charge in [0.2, 0.25) is 5.91 Å². The number of methoxy groups -OCH3 is 1. The maximum absolute atomic E-state index is 13.6. The molecule has 0 saturated carbocycles. The van der Waals surface area contributed by atoms with Gasteiger partial charge in [0.1, 0.15) is 0 Å². The maximum Gasteiger partial charge on any atom is 0.305 e. The molecule has 1 aromatic rings. The van der Waals surface area contributed by atoms with Crippen LogP contribution in [0.25, 0.3) is 0 Å². The van der Waals surface area contributed by atoms with Crippen LogP contribution in [0.15, 0.2) is 18.2 Å². The van der Waals surface area contributed by atoms with Gasteiger partial charge in [0.15, 0.2) is 11.6 Å². The van der Waals surface area contributed by atoms with Gasteiger partial charge in [-0.2, -0.15) is 0 Å². The normalized spacial score (nSPS) is 17.8. The first-order valence-electron chi connectivity index (χ1n) is 7.42. The number of hydrogen-bond acceptors (Lipinski definition) is 4. The van der Waals surface area contributed by atoms with Crippen LogP contribution in [0.5, 0.6) is 5.75 Å². The number of carbonyl (C=O) groups excluding carboxylic acids is 1. The van der Waals surface area contributed by atoms with Gasteiger partial charge < -0.3 is 19.5 Å². The van der Waals surface area contributed by atoms with Crippen molar-refractivity contribution in [3.63, 3.8) is 0 Å². The van der Waals surface area contributed by atoms with Crippen LogP contribution in [-0.4, -0.2) is 54.8 Å². The molecule has 1 unspecified atom stereocenters. The molecule has 0 aliphatic carbocycles. The van der Waals surface area contributed by atoms with Gasteiger partial charge in [-0.15, -0.1) is 0 Å². The van der Waals surface area contributed by atoms with Crippen LogP contribution in [-0.2, 0) is 20.7 Å². The zero-order valence-electron chi connectivity index (χ0n) is 13.0. The predicted octanol–water partition coefficient (Wildman–Crippen LogP) is 1.47. The molecule has 1 saturated heterocycles. The number of benzene rings is 1. The van der Waals surface area contributed by atoms with Crippen molar-refractivity contribution in [1.82, 2.24) is 4.90 Å². The first-order valence-corrected chi connectivity index (χ1v) is 7.42. The minimum atomic E-state index is -0.962. The molecule has 23 heavy (non-hydrogen) atoms. The van der Waals surface area contributed by atoms with Gasteiger partial charge in [-0.25, -0.2) is 4.39 Å². The van der Waals surface area contributed by atoms with Crippen LogP contribution in [0.1, 0.15) is 18.4 Å². The third-order valence-corrected chi connectivity index (χ3v) is 3.80. The highest BCUT2D eigenvalue weighted by Crippen LogP contribution is 2.19. The number of halogens is 1. The highest BCUT2D eigenvalue weighted by Gasteiger charge is 2.28. The lowest BCUT2D eigenvalue weighted by atomic mass is 10.1. The number of amides is 1. The van der Waals surface area contributed by atoms with Crippen molar-refractivity contribution >= 4 is 11.9 Å². The second-order valence-corrected chi connectivity index (χ2v) is 5.38. The van der Waals surface area contributed by atoms with Gasteiger partial charge in [0.25, 0.3) is 0 Å². The number of morpholine rings is 1. The summed E-state index contributed by atoms with van der Waals surface area (Å²) in [5, 5.41) is 8.91. The molecule has 1 aromatic carbocycles. The van der Waals surface area contributed by atoms with Crippen LogP contribution in [0, 0.1) is 5.82 Å². The number of hydrogen-bond donors (Lipinski definition) is 1. The zero-order chi connectivity index (χ0) is 16.8. The number of carbonyl (C=O) groups is 2. The van der Waals surface area contributed by atoms with Crippen molar-refractivity contribution in [3.05, 3.63) is 29.6 Å². The Balaban J connectivity index is 1.94. The first-order chi connectivity index (χ1) is 11.0. The SMILES string of the molecule is COc1ccc(CCC(=O)N2CCOCC2CC(=O)O)cc1F. The Morgan fingerprint density at radius 2 is 2.26 bits per heavy atom. The van der Waals surface area contributed by atoms with Crippen LogP contribution >= 0.6 is 0 Å². The van der Waals surface area contributed by atoms with E-state index in [-0.39, 0.29) is 31.1 Å². The molecule has 0 aromatic heterocycles. The van der Waals surface area contributed by atoms with Gasteiger partial charge >= 0.3 is 5.97 Å². The molecule has 6 nitrogen and oxygen atoms in total. The Morgan fingerprint density at radius 1 is 1.48 bits per heavy atom. The average Bonchev–Trinajstić information content (AvgIpc) is 2.52. The number of carboxylic acid groups (broad SMARTS) is 1. The third kappa shape index (κ3) is 4.66. The summed E-state index contributed by atoms with van der Waals surface area (Å²) in [5.41, 5.74) is 0.694. The fraction of sp³-hybridized carbons (Fsp3) is 0.500. The van der Waals surface area contributed by atoms with Crippen molar-refractivity contribution in [2.75, 3.05) is 26.9 Å². The topological polar surface area (TPSA) is 76.1 Å². The molecular formula is C16H20FNO5. The Kier molecular flexibility index (Phi) is 5.92. The van der Waals surface area contributed by atoms with Gasteiger partial charge in [-0.3, -0.25) is 9.59 Å². The molecule has 126 valence electrons. The number of aliphatic carboxylic acids is 1. The number of rotatable bonds is 6. The van der Waals surface area contributed by atoms with E-state index in [1.165, 1.54) is 19.2 Å². The molecule has 1 N–H and O–H groups in total. The zero-order valence-corrected chi connectivity index (χ0v) is 13.0. The van der Waals surface area contributed by atoms with E-state index in [2.05, 4.69) is 0 Å². The van der Waals surface area contributed by atoms with Crippen molar-refractivity contribution in [2.24, 2.45) is 0 Å². The number of ether oxygens (including phenoxy) is 2. The summed E-state index contributed by atoms with van der Waals surface area (Å²) in [6.07, 6.45) is 0.446. The van der Waals surface area contributed by atoms with Gasteiger partial charge in [-0.1, -0.05) is 6.07 Å². The smallest absolute Gasteiger partial charge is 0.305 e. The Hall–Kier alpha value is -2.15. The summed E-state index contributed by atoms with van der Waals surface area (Å²) in [7, 11) is 1.39. The van der Waals surface area contributed by atoms with E-state index in [9.17, 15) is 14.0 Å². The van der Waals surface area contributed by atoms with E-state index in [0.717, 1.165) is 0 Å². The maximum atomic E-state index is 13.6. The summed E-state index contributed by atoms with van der Waals surface area (Å²) in [6, 6.07) is 4.14. The highest BCUT2D eigenvalue weighted by molar-refractivity contribution is 5.78. The fourth-order valence-corrected chi connectivity index (χ4v) is 2.61. The molecule has 1 atom stereocenters. The van der Waals surface area contributed by atoms with Crippen molar-refractivity contribution in [3.8, 4) is 5.75 Å². The summed E-state index contributed by atoms with van der Waals surface area (Å²) in [6.45, 7) is 1.02. The number of nitrogens with zero attached hydrogens (tertiary/aromatic N) is 1. The minimum absolute atomic E-state index is 0.136. The average molecular weight is 325 g/mol. The number of aryl methyl sites for hydroxylation is 1. The van der Waals surface area contributed by atoms with Crippen LogP contribution < -0.4 is 4.74 Å². The minimum Gasteiger partial charge on any atom is -0.494 e. The molecule has 1 fully saturated rings. The van der Waals surface area contributed by atoms with Crippen LogP contribution in [0.3, 0.4) is 0 Å². The lowest BCUT2D eigenvalue weighted by Crippen LogP contribution is -2.49. The summed E-state index contributed by atoms with van der Waals surface area (Å²) in [4.78, 5) is 24.7. The molecule has 1 aliphatic rings. The largest absolute Gasteiger partial charge is 0.494 e. The summed E-state index contributed by atoms with van der Waals surface area (Å²) < 4.78 is 23.7. The summed E-state index contributed by atoms with van der Waals surface area (Å²) in [5.74, 6) is -1.41. The predicted molar refractivity (Wildman–Crippen MR) is 79.8 cm³/mol. The molecule has 0 radical (unpaired) electrons. The molecular weight excluding hydrogens is 305 g/mol. The molecule has 1 heterocycles. The molecule has 1 aliphatic heterocycles. The summed E-state index contributed by atoms with van der Waals surface area (Å²) >= 11 is 0. The van der Waals surface area contributed by atoms with Crippen molar-refractivity contribution in [2.45, 2.75) is 25.3 Å². The van der Waals surface area contributed by atoms with Gasteiger partial charge in [-0.05, 0) is 24.1 Å². The monoisotopic (exact) mass is 325 g/mol. The van der Waals surface area contributed by atoms with E-state index in [0.29, 0.717) is 25.1 Å². The second kappa shape index (κ2) is 7.92. The Bertz CT molecular complexity index is 578. The molecule has 0 spiro atoms. The van der Waals surface area contributed by atoms with Gasteiger partial charge in [0, 0.05) is 13.0 Å². The second-order valence-electron chi connectivity index (χ2n) is 5.38. The van der Waals surface area contributed by atoms with Crippen molar-refractivity contribution in [1.29, 1.82) is 0 Å². The fourth-order valence-electron chi connectivity index (χ4n) is 2.61. The van der Waals surface area contributed by atoms with E-state index >= 15 is 0 Å². The highest BCUT2D eigenvalue weighted by atomic mass is 19.1. The van der Waals surface area contributed by atoms with Gasteiger partial charge in [0.05, 0.1) is 32.8 Å². The lowest BCUT2D eigenvalue weighted by Gasteiger charge is -2.35. The number of carboxylic acids is 1. The Morgan fingerprint density at radius 3 is 2.91 bits per heavy atom. The van der Waals surface area contributed by atoms with Crippen molar-refractivity contribution < 1.29 is 28.6 Å². The van der Waals surface area contributed by atoms with Crippen LogP contribution in [0.4, 0.5) is 4.39 Å². The van der Waals surface area contributed by atoms with E-state index < -0.39 is 17.8 Å². The lowest BCUT2D eigenvalue weighted by molar-refractivity contribution is -0.146. The first kappa shape index (κ1) is 17.2. The quantitative estimate of drug-likeness (QED) is 0.857. The molecule has 0 bridgehead atoms.